The van der Waals surface area contributed by atoms with Crippen LogP contribution in [0.25, 0.3) is 0 Å². The maximum Gasteiger partial charge on any atom is 0.322 e. The molecular weight excluding hydrogens is 614 g/mol. The summed E-state index contributed by atoms with van der Waals surface area (Å²) in [5.41, 5.74) is 18.1. The summed E-state index contributed by atoms with van der Waals surface area (Å²) in [7, 11) is 0. The van der Waals surface area contributed by atoms with Crippen molar-refractivity contribution in [3.05, 3.63) is 65.7 Å². The number of benzene rings is 2. The highest BCUT2D eigenvalue weighted by atomic mass is 16.4. The Balaban J connectivity index is 2.03. The summed E-state index contributed by atoms with van der Waals surface area (Å²) in [6, 6.07) is 11.6. The number of phenolic OH excluding ortho intramolecular Hbond substituents is 1. The van der Waals surface area contributed by atoms with Crippen LogP contribution < -0.4 is 43.8 Å². The van der Waals surface area contributed by atoms with E-state index >= 15 is 0 Å². The van der Waals surface area contributed by atoms with Gasteiger partial charge in [-0.1, -0.05) is 42.5 Å². The summed E-state index contributed by atoms with van der Waals surface area (Å²) < 4.78 is 0. The second-order valence-electron chi connectivity index (χ2n) is 10.4. The Hall–Kier alpha value is -5.71. The van der Waals surface area contributed by atoms with Crippen molar-refractivity contribution in [2.75, 3.05) is 26.2 Å². The van der Waals surface area contributed by atoms with E-state index in [1.807, 2.05) is 0 Å². The van der Waals surface area contributed by atoms with Gasteiger partial charge in [-0.15, -0.1) is 0 Å². The van der Waals surface area contributed by atoms with Gasteiger partial charge in [-0.3, -0.25) is 33.8 Å². The van der Waals surface area contributed by atoms with Crippen LogP contribution in [0, 0.1) is 0 Å². The lowest BCUT2D eigenvalue weighted by Crippen LogP contribution is -2.55. The first kappa shape index (κ1) is 37.5. The number of aromatic hydroxyl groups is 1. The molecule has 0 aliphatic heterocycles. The quantitative estimate of drug-likeness (QED) is 0.0412. The predicted octanol–water partition coefficient (Wildman–Crippen LogP) is -3.04. The largest absolute Gasteiger partial charge is 0.508 e. The van der Waals surface area contributed by atoms with Crippen molar-refractivity contribution in [1.29, 1.82) is 0 Å². The summed E-state index contributed by atoms with van der Waals surface area (Å²) in [6.07, 6.45) is 0.578. The summed E-state index contributed by atoms with van der Waals surface area (Å²) >= 11 is 0. The third-order valence-electron chi connectivity index (χ3n) is 6.52. The SMILES string of the molecule is NC(N)=NCCC[C@H](NC(=O)[C@@H](N)Cc1ccc(O)cc1)C(=O)NCC(=O)N[C@@H](Cc1ccccc1)C(=O)NCC(=O)NCC(=O)O. The van der Waals surface area contributed by atoms with E-state index < -0.39 is 73.3 Å². The van der Waals surface area contributed by atoms with Crippen LogP contribution in [0.4, 0.5) is 0 Å². The number of aliphatic imine (C=N–C) groups is 1. The second kappa shape index (κ2) is 19.6. The van der Waals surface area contributed by atoms with E-state index in [1.165, 1.54) is 12.1 Å². The molecule has 0 spiro atoms. The van der Waals surface area contributed by atoms with E-state index in [0.717, 1.165) is 0 Å². The monoisotopic (exact) mass is 655 g/mol. The average molecular weight is 656 g/mol. The van der Waals surface area contributed by atoms with Gasteiger partial charge in [0.25, 0.3) is 0 Å². The maximum absolute atomic E-state index is 13.1. The Morgan fingerprint density at radius 2 is 1.30 bits per heavy atom. The Labute approximate surface area is 270 Å². The minimum Gasteiger partial charge on any atom is -0.508 e. The number of hydrogen-bond donors (Lipinski definition) is 10. The van der Waals surface area contributed by atoms with Gasteiger partial charge in [-0.2, -0.15) is 0 Å². The summed E-state index contributed by atoms with van der Waals surface area (Å²) in [5.74, 6) is -4.86. The van der Waals surface area contributed by atoms with Gasteiger partial charge in [-0.05, 0) is 42.5 Å². The summed E-state index contributed by atoms with van der Waals surface area (Å²) in [5, 5.41) is 30.2. The molecule has 2 rings (SSSR count). The first-order valence-electron chi connectivity index (χ1n) is 14.6. The number of hydrogen-bond acceptors (Lipinski definition) is 9. The van der Waals surface area contributed by atoms with Gasteiger partial charge in [0.15, 0.2) is 5.96 Å². The van der Waals surface area contributed by atoms with Crippen LogP contribution in [0.1, 0.15) is 24.0 Å². The molecule has 17 nitrogen and oxygen atoms in total. The number of rotatable bonds is 19. The molecule has 3 atom stereocenters. The zero-order valence-corrected chi connectivity index (χ0v) is 25.6. The normalized spacial score (nSPS) is 12.4. The van der Waals surface area contributed by atoms with Gasteiger partial charge in [0.1, 0.15) is 24.4 Å². The zero-order valence-electron chi connectivity index (χ0n) is 25.6. The topological polar surface area (TPSA) is 293 Å². The summed E-state index contributed by atoms with van der Waals surface area (Å²) in [4.78, 5) is 78.1. The Bertz CT molecular complexity index is 1400. The minimum absolute atomic E-state index is 0.0471. The smallest absolute Gasteiger partial charge is 0.322 e. The number of carbonyl (C=O) groups is 6. The van der Waals surface area contributed by atoms with Gasteiger partial charge in [0, 0.05) is 13.0 Å². The number of carbonyl (C=O) groups excluding carboxylic acids is 5. The standard InChI is InChI=1S/C30H41N9O8/c31-21(13-19-8-10-20(40)11-9-19)27(45)39-22(7-4-12-34-30(32)33)28(46)37-16-25(42)38-23(14-18-5-2-1-3-6-18)29(47)36-15-24(41)35-17-26(43)44/h1-3,5-6,8-11,21-23,40H,4,7,12-17,31H2,(H,35,41)(H,36,47)(H,37,46)(H,38,42)(H,39,45)(H,43,44)(H4,32,33,34)/t21-,22-,23-/m0/s1. The number of nitrogens with two attached hydrogens (primary N) is 3. The number of amides is 5. The van der Waals surface area contributed by atoms with Crippen LogP contribution >= 0.6 is 0 Å². The van der Waals surface area contributed by atoms with Crippen LogP contribution in [0.2, 0.25) is 0 Å². The van der Waals surface area contributed by atoms with E-state index in [2.05, 4.69) is 31.6 Å². The van der Waals surface area contributed by atoms with Crippen LogP contribution in [-0.2, 0) is 41.6 Å². The molecular formula is C30H41N9O8. The fourth-order valence-corrected chi connectivity index (χ4v) is 4.15. The number of aliphatic carboxylic acids is 1. The molecule has 17 heteroatoms. The lowest BCUT2D eigenvalue weighted by Gasteiger charge is -2.22. The molecule has 0 bridgehead atoms. The molecule has 0 aromatic heterocycles. The van der Waals surface area contributed by atoms with Gasteiger partial charge in [0.2, 0.25) is 29.5 Å². The second-order valence-corrected chi connectivity index (χ2v) is 10.4. The molecule has 0 aliphatic rings. The van der Waals surface area contributed by atoms with Crippen LogP contribution in [-0.4, -0.2) is 96.0 Å². The molecule has 0 unspecified atom stereocenters. The lowest BCUT2D eigenvalue weighted by atomic mass is 10.0. The first-order valence-corrected chi connectivity index (χ1v) is 14.6. The van der Waals surface area contributed by atoms with E-state index in [-0.39, 0.29) is 37.5 Å². The third-order valence-corrected chi connectivity index (χ3v) is 6.52. The van der Waals surface area contributed by atoms with Crippen molar-refractivity contribution in [3.8, 4) is 5.75 Å². The van der Waals surface area contributed by atoms with Gasteiger partial charge >= 0.3 is 5.97 Å². The molecule has 2 aromatic carbocycles. The summed E-state index contributed by atoms with van der Waals surface area (Å²) in [6.45, 7) is -1.54. The molecule has 5 amide bonds. The van der Waals surface area contributed by atoms with E-state index in [4.69, 9.17) is 22.3 Å². The molecule has 0 radical (unpaired) electrons. The Kier molecular flexibility index (Phi) is 15.7. The fraction of sp³-hybridized carbons (Fsp3) is 0.367. The van der Waals surface area contributed by atoms with E-state index in [0.29, 0.717) is 17.5 Å². The van der Waals surface area contributed by atoms with Gasteiger partial charge in [-0.25, -0.2) is 0 Å². The molecule has 0 aliphatic carbocycles. The highest BCUT2D eigenvalue weighted by Crippen LogP contribution is 2.11. The molecule has 0 fully saturated rings. The van der Waals surface area contributed by atoms with Crippen molar-refractivity contribution < 1.29 is 39.0 Å². The van der Waals surface area contributed by atoms with Gasteiger partial charge < -0.3 is 54.0 Å². The van der Waals surface area contributed by atoms with E-state index in [9.17, 15) is 33.9 Å². The lowest BCUT2D eigenvalue weighted by molar-refractivity contribution is -0.138. The van der Waals surface area contributed by atoms with Crippen LogP contribution in [0.5, 0.6) is 5.75 Å². The third kappa shape index (κ3) is 15.2. The highest BCUT2D eigenvalue weighted by Gasteiger charge is 2.26. The zero-order chi connectivity index (χ0) is 34.8. The number of phenols is 1. The van der Waals surface area contributed by atoms with Crippen LogP contribution in [0.15, 0.2) is 59.6 Å². The van der Waals surface area contributed by atoms with Crippen molar-refractivity contribution in [1.82, 2.24) is 26.6 Å². The molecule has 13 N–H and O–H groups in total. The molecule has 0 saturated carbocycles. The van der Waals surface area contributed by atoms with E-state index in [1.54, 1.807) is 42.5 Å². The molecule has 2 aromatic rings. The molecule has 254 valence electrons. The molecule has 47 heavy (non-hydrogen) atoms. The Morgan fingerprint density at radius 1 is 0.702 bits per heavy atom. The number of guanidine groups is 1. The average Bonchev–Trinajstić information content (AvgIpc) is 3.03. The molecule has 0 heterocycles. The minimum atomic E-state index is -1.26. The number of carboxylic acids is 1. The van der Waals surface area contributed by atoms with Crippen molar-refractivity contribution in [2.45, 2.75) is 43.8 Å². The maximum atomic E-state index is 13.1. The van der Waals surface area contributed by atoms with Crippen molar-refractivity contribution in [3.63, 3.8) is 0 Å². The first-order chi connectivity index (χ1) is 22.3. The highest BCUT2D eigenvalue weighted by molar-refractivity contribution is 5.94. The Morgan fingerprint density at radius 3 is 1.91 bits per heavy atom. The van der Waals surface area contributed by atoms with Crippen molar-refractivity contribution in [2.24, 2.45) is 22.2 Å². The number of carboxylic acid groups (broad SMARTS) is 1. The number of nitrogens with zero attached hydrogens (tertiary/aromatic N) is 1. The predicted molar refractivity (Wildman–Crippen MR) is 170 cm³/mol. The number of nitrogens with one attached hydrogen (secondary N) is 5. The van der Waals surface area contributed by atoms with Crippen molar-refractivity contribution >= 4 is 41.5 Å². The van der Waals surface area contributed by atoms with Crippen LogP contribution in [0.3, 0.4) is 0 Å². The molecule has 0 saturated heterocycles. The fourth-order valence-electron chi connectivity index (χ4n) is 4.15. The van der Waals surface area contributed by atoms with Gasteiger partial charge in [0.05, 0.1) is 19.1 Å².